The highest BCUT2D eigenvalue weighted by molar-refractivity contribution is 14.0. The van der Waals surface area contributed by atoms with Gasteiger partial charge in [0.2, 0.25) is 0 Å². The van der Waals surface area contributed by atoms with Crippen molar-refractivity contribution in [3.05, 3.63) is 35.4 Å². The molecule has 2 N–H and O–H groups in total. The Bertz CT molecular complexity index is 423. The molecular formula is C15H24IN3O2. The van der Waals surface area contributed by atoms with Gasteiger partial charge in [-0.2, -0.15) is 0 Å². The third kappa shape index (κ3) is 7.10. The maximum Gasteiger partial charge on any atom is 0.191 e. The highest BCUT2D eigenvalue weighted by Gasteiger charge is 2.03. The van der Waals surface area contributed by atoms with Crippen LogP contribution in [-0.4, -0.2) is 39.4 Å². The molecule has 1 aliphatic rings. The lowest BCUT2D eigenvalue weighted by Gasteiger charge is -2.16. The van der Waals surface area contributed by atoms with Crippen LogP contribution in [0.5, 0.6) is 0 Å². The average molecular weight is 405 g/mol. The molecule has 21 heavy (non-hydrogen) atoms. The lowest BCUT2D eigenvalue weighted by atomic mass is 10.1. The van der Waals surface area contributed by atoms with Crippen molar-refractivity contribution in [1.29, 1.82) is 0 Å². The van der Waals surface area contributed by atoms with Gasteiger partial charge in [0, 0.05) is 26.7 Å². The second kappa shape index (κ2) is 10.8. The van der Waals surface area contributed by atoms with Crippen LogP contribution in [-0.2, 0) is 22.6 Å². The van der Waals surface area contributed by atoms with E-state index in [0.717, 1.165) is 32.0 Å². The van der Waals surface area contributed by atoms with Gasteiger partial charge in [-0.1, -0.05) is 24.3 Å². The first-order chi connectivity index (χ1) is 9.88. The molecule has 0 unspecified atom stereocenters. The summed E-state index contributed by atoms with van der Waals surface area (Å²) in [5, 5.41) is 6.56. The van der Waals surface area contributed by atoms with Gasteiger partial charge >= 0.3 is 0 Å². The van der Waals surface area contributed by atoms with Crippen molar-refractivity contribution in [2.45, 2.75) is 19.6 Å². The minimum atomic E-state index is 0. The van der Waals surface area contributed by atoms with Crippen LogP contribution in [0, 0.1) is 0 Å². The van der Waals surface area contributed by atoms with E-state index in [4.69, 9.17) is 9.47 Å². The smallest absolute Gasteiger partial charge is 0.191 e. The van der Waals surface area contributed by atoms with E-state index in [9.17, 15) is 0 Å². The van der Waals surface area contributed by atoms with Crippen molar-refractivity contribution < 1.29 is 9.47 Å². The molecule has 0 aliphatic carbocycles. The summed E-state index contributed by atoms with van der Waals surface area (Å²) in [7, 11) is 1.68. The molecule has 5 nitrogen and oxygen atoms in total. The molecule has 0 spiro atoms. The number of nitrogens with zero attached hydrogens (tertiary/aromatic N) is 1. The van der Waals surface area contributed by atoms with Crippen molar-refractivity contribution in [3.8, 4) is 0 Å². The summed E-state index contributed by atoms with van der Waals surface area (Å²) in [6.45, 7) is 4.60. The number of hydrogen-bond donors (Lipinski definition) is 2. The summed E-state index contributed by atoms with van der Waals surface area (Å²) >= 11 is 0. The van der Waals surface area contributed by atoms with Crippen LogP contribution in [0.1, 0.15) is 17.5 Å². The van der Waals surface area contributed by atoms with E-state index in [1.54, 1.807) is 7.11 Å². The minimum Gasteiger partial charge on any atom is -0.382 e. The fourth-order valence-electron chi connectivity index (χ4n) is 1.92. The van der Waals surface area contributed by atoms with E-state index in [0.29, 0.717) is 19.8 Å². The Morgan fingerprint density at radius 2 is 1.95 bits per heavy atom. The zero-order valence-electron chi connectivity index (χ0n) is 12.4. The molecule has 2 rings (SSSR count). The molecular weight excluding hydrogens is 381 g/mol. The van der Waals surface area contributed by atoms with Crippen LogP contribution in [0.3, 0.4) is 0 Å². The molecule has 0 fully saturated rings. The summed E-state index contributed by atoms with van der Waals surface area (Å²) in [5.74, 6) is 0.906. The number of methoxy groups -OCH3 is 1. The lowest BCUT2D eigenvalue weighted by Crippen LogP contribution is -2.40. The predicted octanol–water partition coefficient (Wildman–Crippen LogP) is 1.91. The first kappa shape index (κ1) is 18.2. The number of halogens is 1. The third-order valence-corrected chi connectivity index (χ3v) is 3.08. The predicted molar refractivity (Wildman–Crippen MR) is 95.2 cm³/mol. The van der Waals surface area contributed by atoms with E-state index >= 15 is 0 Å². The maximum atomic E-state index is 5.49. The molecule has 0 atom stereocenters. The normalized spacial score (nSPS) is 13.9. The summed E-state index contributed by atoms with van der Waals surface area (Å²) in [6.07, 6.45) is 1.11. The zero-order chi connectivity index (χ0) is 14.0. The molecule has 0 aromatic heterocycles. The number of hydrogen-bond acceptors (Lipinski definition) is 5. The second-order valence-electron chi connectivity index (χ2n) is 4.73. The van der Waals surface area contributed by atoms with Crippen LogP contribution in [0.25, 0.3) is 0 Å². The molecule has 1 aliphatic heterocycles. The molecule has 0 radical (unpaired) electrons. The molecule has 0 bridgehead atoms. The zero-order valence-corrected chi connectivity index (χ0v) is 14.8. The van der Waals surface area contributed by atoms with Gasteiger partial charge in [-0.15, -0.1) is 24.0 Å². The van der Waals surface area contributed by atoms with Gasteiger partial charge in [-0.05, 0) is 17.5 Å². The molecule has 1 aromatic rings. The van der Waals surface area contributed by atoms with Crippen molar-refractivity contribution in [1.82, 2.24) is 10.6 Å². The molecule has 0 amide bonds. The first-order valence-electron chi connectivity index (χ1n) is 7.05. The molecule has 0 saturated heterocycles. The van der Waals surface area contributed by atoms with E-state index in [2.05, 4.69) is 39.9 Å². The number of rotatable bonds is 7. The fourth-order valence-corrected chi connectivity index (χ4v) is 1.92. The van der Waals surface area contributed by atoms with Crippen LogP contribution < -0.4 is 10.6 Å². The Hall–Kier alpha value is -0.860. The summed E-state index contributed by atoms with van der Waals surface area (Å²) in [4.78, 5) is 4.38. The Balaban J connectivity index is 0.00000220. The average Bonchev–Trinajstić information content (AvgIpc) is 2.52. The van der Waals surface area contributed by atoms with Crippen molar-refractivity contribution in [2.24, 2.45) is 4.99 Å². The quantitative estimate of drug-likeness (QED) is 0.538. The Kier molecular flexibility index (Phi) is 9.36. The van der Waals surface area contributed by atoms with Crippen LogP contribution in [0.4, 0.5) is 0 Å². The van der Waals surface area contributed by atoms with E-state index in [1.807, 2.05) is 0 Å². The van der Waals surface area contributed by atoms with Crippen molar-refractivity contribution >= 4 is 29.9 Å². The van der Waals surface area contributed by atoms with Gasteiger partial charge < -0.3 is 20.1 Å². The highest BCUT2D eigenvalue weighted by Crippen LogP contribution is 2.06. The first-order valence-corrected chi connectivity index (χ1v) is 7.05. The topological polar surface area (TPSA) is 54.9 Å². The summed E-state index contributed by atoms with van der Waals surface area (Å²) in [6, 6.07) is 8.43. The fraction of sp³-hybridized carbons (Fsp3) is 0.533. The highest BCUT2D eigenvalue weighted by atomic mass is 127. The molecule has 6 heteroatoms. The SMILES string of the molecule is COCCOCc1ccc(CNC2=NCCCN2)cc1.I. The number of guanidine groups is 1. The van der Waals surface area contributed by atoms with Gasteiger partial charge in [-0.25, -0.2) is 0 Å². The third-order valence-electron chi connectivity index (χ3n) is 3.08. The van der Waals surface area contributed by atoms with E-state index in [1.165, 1.54) is 11.1 Å². The van der Waals surface area contributed by atoms with E-state index < -0.39 is 0 Å². The van der Waals surface area contributed by atoms with Crippen LogP contribution in [0.2, 0.25) is 0 Å². The minimum absolute atomic E-state index is 0. The van der Waals surface area contributed by atoms with Crippen molar-refractivity contribution in [3.63, 3.8) is 0 Å². The number of ether oxygens (including phenoxy) is 2. The summed E-state index contributed by atoms with van der Waals surface area (Å²) < 4.78 is 10.4. The Morgan fingerprint density at radius 3 is 2.62 bits per heavy atom. The van der Waals surface area contributed by atoms with Crippen molar-refractivity contribution in [2.75, 3.05) is 33.4 Å². The van der Waals surface area contributed by atoms with Crippen LogP contribution in [0.15, 0.2) is 29.3 Å². The molecule has 118 valence electrons. The number of nitrogens with one attached hydrogen (secondary N) is 2. The second-order valence-corrected chi connectivity index (χ2v) is 4.73. The van der Waals surface area contributed by atoms with Gasteiger partial charge in [-0.3, -0.25) is 4.99 Å². The molecule has 0 saturated carbocycles. The Morgan fingerprint density at radius 1 is 1.19 bits per heavy atom. The van der Waals surface area contributed by atoms with Crippen LogP contribution >= 0.6 is 24.0 Å². The lowest BCUT2D eigenvalue weighted by molar-refractivity contribution is 0.0616. The molecule has 1 aromatic carbocycles. The van der Waals surface area contributed by atoms with Gasteiger partial charge in [0.15, 0.2) is 5.96 Å². The monoisotopic (exact) mass is 405 g/mol. The number of aliphatic imine (C=N–C) groups is 1. The molecule has 1 heterocycles. The maximum absolute atomic E-state index is 5.49. The number of benzene rings is 1. The Labute approximate surface area is 143 Å². The van der Waals surface area contributed by atoms with Gasteiger partial charge in [0.25, 0.3) is 0 Å². The summed E-state index contributed by atoms with van der Waals surface area (Å²) in [5.41, 5.74) is 2.42. The van der Waals surface area contributed by atoms with Gasteiger partial charge in [0.05, 0.1) is 19.8 Å². The van der Waals surface area contributed by atoms with Gasteiger partial charge in [0.1, 0.15) is 0 Å². The van der Waals surface area contributed by atoms with E-state index in [-0.39, 0.29) is 24.0 Å². The standard InChI is InChI=1S/C15H23N3O2.HI/c1-19-9-10-20-12-14-5-3-13(4-6-14)11-18-15-16-7-2-8-17-15;/h3-6H,2,7-12H2,1H3,(H2,16,17,18);1H. The largest absolute Gasteiger partial charge is 0.382 e.